The smallest absolute Gasteiger partial charge is 0.240 e. The van der Waals surface area contributed by atoms with Gasteiger partial charge in [-0.25, -0.2) is 13.1 Å². The van der Waals surface area contributed by atoms with Gasteiger partial charge in [-0.1, -0.05) is 0 Å². The van der Waals surface area contributed by atoms with Crippen LogP contribution in [-0.2, 0) is 26.7 Å². The number of sulfonamides is 1. The van der Waals surface area contributed by atoms with E-state index in [0.717, 1.165) is 11.3 Å². The molecule has 0 atom stereocenters. The molecule has 0 fully saturated rings. The van der Waals surface area contributed by atoms with Crippen LogP contribution < -0.4 is 9.62 Å². The molecule has 0 spiro atoms. The van der Waals surface area contributed by atoms with Crippen LogP contribution in [-0.4, -0.2) is 27.9 Å². The van der Waals surface area contributed by atoms with E-state index in [1.165, 1.54) is 10.4 Å². The van der Waals surface area contributed by atoms with Crippen LogP contribution in [0.1, 0.15) is 29.9 Å². The maximum absolute atomic E-state index is 12.6. The van der Waals surface area contributed by atoms with E-state index in [0.29, 0.717) is 13.0 Å². The second kappa shape index (κ2) is 6.23. The molecule has 1 amide bonds. The van der Waals surface area contributed by atoms with Crippen molar-refractivity contribution in [1.82, 2.24) is 4.72 Å². The fourth-order valence-electron chi connectivity index (χ4n) is 3.16. The summed E-state index contributed by atoms with van der Waals surface area (Å²) in [5.41, 5.74) is 1.98. The Labute approximate surface area is 152 Å². The first kappa shape index (κ1) is 18.1. The van der Waals surface area contributed by atoms with E-state index >= 15 is 0 Å². The van der Waals surface area contributed by atoms with Crippen molar-refractivity contribution in [2.45, 2.75) is 37.5 Å². The number of rotatable bonds is 5. The molecule has 0 radical (unpaired) electrons. The van der Waals surface area contributed by atoms with E-state index in [2.05, 4.69) is 4.72 Å². The summed E-state index contributed by atoms with van der Waals surface area (Å²) in [7, 11) is -1.89. The van der Waals surface area contributed by atoms with Gasteiger partial charge in [0.15, 0.2) is 0 Å². The lowest BCUT2D eigenvalue weighted by Crippen LogP contribution is -2.33. The van der Waals surface area contributed by atoms with Gasteiger partial charge in [0, 0.05) is 24.2 Å². The quantitative estimate of drug-likeness (QED) is 0.870. The van der Waals surface area contributed by atoms with Crippen LogP contribution >= 0.6 is 11.3 Å². The standard InChI is InChI=1S/C18H22N2O3S2/c1-12-8-10-24-16(12)7-9-19-25(22,23)13-5-6-15-14(11-13)18(2,3)17(21)20(15)4/h5-6,8,10-11,19H,7,9H2,1-4H3. The number of fused-ring (bicyclic) bond motifs is 1. The van der Waals surface area contributed by atoms with Crippen LogP contribution in [0.3, 0.4) is 0 Å². The van der Waals surface area contributed by atoms with Gasteiger partial charge >= 0.3 is 0 Å². The Hall–Kier alpha value is -1.70. The average Bonchev–Trinajstić information content (AvgIpc) is 3.04. The number of nitrogens with one attached hydrogen (secondary N) is 1. The number of aryl methyl sites for hydroxylation is 1. The predicted octanol–water partition coefficient (Wildman–Crippen LogP) is 2.83. The van der Waals surface area contributed by atoms with Crippen LogP contribution in [0.25, 0.3) is 0 Å². The highest BCUT2D eigenvalue weighted by atomic mass is 32.2. The van der Waals surface area contributed by atoms with Gasteiger partial charge in [0.2, 0.25) is 15.9 Å². The summed E-state index contributed by atoms with van der Waals surface area (Å²) in [4.78, 5) is 15.3. The molecule has 2 aromatic rings. The topological polar surface area (TPSA) is 66.5 Å². The summed E-state index contributed by atoms with van der Waals surface area (Å²) in [5, 5.41) is 2.01. The van der Waals surface area contributed by atoms with Crippen LogP contribution in [0.15, 0.2) is 34.5 Å². The Morgan fingerprint density at radius 1 is 1.24 bits per heavy atom. The molecule has 134 valence electrons. The van der Waals surface area contributed by atoms with Gasteiger partial charge in [-0.15, -0.1) is 11.3 Å². The molecule has 0 bridgehead atoms. The minimum atomic E-state index is -3.61. The molecule has 2 heterocycles. The maximum atomic E-state index is 12.6. The number of hydrogen-bond donors (Lipinski definition) is 1. The van der Waals surface area contributed by atoms with E-state index in [1.807, 2.05) is 32.2 Å². The normalized spacial score (nSPS) is 16.3. The van der Waals surface area contributed by atoms with Crippen LogP contribution in [0.2, 0.25) is 0 Å². The number of benzene rings is 1. The third-order valence-corrected chi connectivity index (χ3v) is 7.31. The highest BCUT2D eigenvalue weighted by Crippen LogP contribution is 2.41. The number of likely N-dealkylation sites (N-methyl/N-ethyl adjacent to an activating group) is 1. The van der Waals surface area contributed by atoms with E-state index in [9.17, 15) is 13.2 Å². The molecule has 1 aromatic heterocycles. The van der Waals surface area contributed by atoms with Gasteiger partial charge in [0.1, 0.15) is 0 Å². The van der Waals surface area contributed by atoms with Crippen LogP contribution in [0, 0.1) is 6.92 Å². The molecule has 1 aromatic carbocycles. The SMILES string of the molecule is Cc1ccsc1CCNS(=O)(=O)c1ccc2c(c1)C(C)(C)C(=O)N2C. The number of hydrogen-bond acceptors (Lipinski definition) is 4. The third-order valence-electron chi connectivity index (χ3n) is 4.76. The number of amides is 1. The molecule has 0 saturated heterocycles. The lowest BCUT2D eigenvalue weighted by atomic mass is 9.86. The van der Waals surface area contributed by atoms with Crippen LogP contribution in [0.5, 0.6) is 0 Å². The highest BCUT2D eigenvalue weighted by Gasteiger charge is 2.42. The molecule has 1 aliphatic rings. The molecule has 1 aliphatic heterocycles. The lowest BCUT2D eigenvalue weighted by Gasteiger charge is -2.16. The molecule has 1 N–H and O–H groups in total. The van der Waals surface area contributed by atoms with Crippen LogP contribution in [0.4, 0.5) is 5.69 Å². The second-order valence-corrected chi connectivity index (χ2v) is 9.61. The van der Waals surface area contributed by atoms with E-state index < -0.39 is 15.4 Å². The summed E-state index contributed by atoms with van der Waals surface area (Å²) in [6, 6.07) is 6.92. The maximum Gasteiger partial charge on any atom is 0.240 e. The van der Waals surface area contributed by atoms with Gasteiger partial charge < -0.3 is 4.90 Å². The average molecular weight is 379 g/mol. The van der Waals surface area contributed by atoms with Crippen molar-refractivity contribution in [1.29, 1.82) is 0 Å². The van der Waals surface area contributed by atoms with Crippen molar-refractivity contribution in [2.75, 3.05) is 18.5 Å². The van der Waals surface area contributed by atoms with Gasteiger partial charge in [0.25, 0.3) is 0 Å². The van der Waals surface area contributed by atoms with E-state index in [1.54, 1.807) is 41.5 Å². The first-order chi connectivity index (χ1) is 11.6. The van der Waals surface area contributed by atoms with E-state index in [4.69, 9.17) is 0 Å². The fourth-order valence-corrected chi connectivity index (χ4v) is 5.13. The van der Waals surface area contributed by atoms with Gasteiger partial charge in [-0.05, 0) is 68.0 Å². The Kier molecular flexibility index (Phi) is 4.51. The lowest BCUT2D eigenvalue weighted by molar-refractivity contribution is -0.121. The Morgan fingerprint density at radius 3 is 2.60 bits per heavy atom. The summed E-state index contributed by atoms with van der Waals surface area (Å²) >= 11 is 1.63. The minimum Gasteiger partial charge on any atom is -0.314 e. The zero-order chi connectivity index (χ0) is 18.4. The van der Waals surface area contributed by atoms with Crippen molar-refractivity contribution in [3.05, 3.63) is 45.6 Å². The molecule has 25 heavy (non-hydrogen) atoms. The van der Waals surface area contributed by atoms with Crippen molar-refractivity contribution in [3.63, 3.8) is 0 Å². The Balaban J connectivity index is 1.81. The zero-order valence-corrected chi connectivity index (χ0v) is 16.4. The van der Waals surface area contributed by atoms with Crippen molar-refractivity contribution >= 4 is 33.0 Å². The minimum absolute atomic E-state index is 0.0295. The molecule has 7 heteroatoms. The van der Waals surface area contributed by atoms with E-state index in [-0.39, 0.29) is 10.8 Å². The predicted molar refractivity (Wildman–Crippen MR) is 101 cm³/mol. The number of carbonyl (C=O) groups is 1. The molecular formula is C18H22N2O3S2. The first-order valence-corrected chi connectivity index (χ1v) is 10.5. The summed E-state index contributed by atoms with van der Waals surface area (Å²) in [6.07, 6.45) is 0.667. The molecule has 0 unspecified atom stereocenters. The number of anilines is 1. The molecule has 0 aliphatic carbocycles. The summed E-state index contributed by atoms with van der Waals surface area (Å²) in [6.45, 7) is 6.02. The molecule has 5 nitrogen and oxygen atoms in total. The van der Waals surface area contributed by atoms with Gasteiger partial charge in [-0.3, -0.25) is 4.79 Å². The Bertz CT molecular complexity index is 930. The van der Waals surface area contributed by atoms with Crippen molar-refractivity contribution in [3.8, 4) is 0 Å². The van der Waals surface area contributed by atoms with Gasteiger partial charge in [0.05, 0.1) is 10.3 Å². The zero-order valence-electron chi connectivity index (χ0n) is 14.8. The first-order valence-electron chi connectivity index (χ1n) is 8.10. The number of nitrogens with zero attached hydrogens (tertiary/aromatic N) is 1. The molecule has 3 rings (SSSR count). The fraction of sp³-hybridized carbons (Fsp3) is 0.389. The third kappa shape index (κ3) is 3.12. The van der Waals surface area contributed by atoms with Gasteiger partial charge in [-0.2, -0.15) is 0 Å². The summed E-state index contributed by atoms with van der Waals surface area (Å²) < 4.78 is 27.9. The van der Waals surface area contributed by atoms with Crippen molar-refractivity contribution < 1.29 is 13.2 Å². The monoisotopic (exact) mass is 378 g/mol. The molecule has 0 saturated carbocycles. The summed E-state index contributed by atoms with van der Waals surface area (Å²) in [5.74, 6) is -0.0295. The Morgan fingerprint density at radius 2 is 1.96 bits per heavy atom. The molecular weight excluding hydrogens is 356 g/mol. The number of carbonyl (C=O) groups excluding carboxylic acids is 1. The van der Waals surface area contributed by atoms with Crippen molar-refractivity contribution in [2.24, 2.45) is 0 Å². The second-order valence-electron chi connectivity index (χ2n) is 6.84. The number of thiophene rings is 1. The largest absolute Gasteiger partial charge is 0.314 e. The highest BCUT2D eigenvalue weighted by molar-refractivity contribution is 7.89.